The molecule has 1 rings (SSSR count). The molecule has 0 fully saturated rings. The van der Waals surface area contributed by atoms with E-state index in [-0.39, 0.29) is 0 Å². The molecule has 0 aliphatic heterocycles. The fourth-order valence-corrected chi connectivity index (χ4v) is 2.34. The van der Waals surface area contributed by atoms with Crippen molar-refractivity contribution in [1.82, 2.24) is 0 Å². The fourth-order valence-electron chi connectivity index (χ4n) is 2.17. The van der Waals surface area contributed by atoms with Gasteiger partial charge < -0.3 is 9.64 Å². The Labute approximate surface area is 110 Å². The molecule has 1 aromatic rings. The number of anilines is 1. The first-order valence-corrected chi connectivity index (χ1v) is 6.58. The minimum absolute atomic E-state index is 0.380. The highest BCUT2D eigenvalue weighted by Gasteiger charge is 2.14. The van der Waals surface area contributed by atoms with E-state index in [1.54, 1.807) is 7.11 Å². The van der Waals surface area contributed by atoms with E-state index >= 15 is 0 Å². The van der Waals surface area contributed by atoms with Crippen LogP contribution >= 0.6 is 11.6 Å². The number of rotatable bonds is 6. The highest BCUT2D eigenvalue weighted by atomic mass is 35.5. The first kappa shape index (κ1) is 14.3. The van der Waals surface area contributed by atoms with Crippen LogP contribution in [0, 0.1) is 6.92 Å². The summed E-state index contributed by atoms with van der Waals surface area (Å²) >= 11 is 5.84. The van der Waals surface area contributed by atoms with Crippen LogP contribution in [-0.4, -0.2) is 26.3 Å². The van der Waals surface area contributed by atoms with Gasteiger partial charge in [0.2, 0.25) is 0 Å². The van der Waals surface area contributed by atoms with Gasteiger partial charge in [0.1, 0.15) is 0 Å². The van der Waals surface area contributed by atoms with Crippen LogP contribution in [0.1, 0.15) is 25.0 Å². The Balaban J connectivity index is 2.95. The SMILES string of the molecule is CCN(c1ccc(CCl)cc1C)C(C)COC. The molecule has 96 valence electrons. The summed E-state index contributed by atoms with van der Waals surface area (Å²) in [4.78, 5) is 2.36. The van der Waals surface area contributed by atoms with Crippen molar-refractivity contribution in [2.45, 2.75) is 32.7 Å². The average Bonchev–Trinajstić information content (AvgIpc) is 2.32. The molecule has 0 amide bonds. The third-order valence-corrected chi connectivity index (χ3v) is 3.31. The highest BCUT2D eigenvalue weighted by Crippen LogP contribution is 2.23. The number of hydrogen-bond acceptors (Lipinski definition) is 2. The molecule has 3 heteroatoms. The maximum absolute atomic E-state index is 5.84. The summed E-state index contributed by atoms with van der Waals surface area (Å²) in [6, 6.07) is 6.79. The Morgan fingerprint density at radius 2 is 2.12 bits per heavy atom. The largest absolute Gasteiger partial charge is 0.383 e. The quantitative estimate of drug-likeness (QED) is 0.721. The van der Waals surface area contributed by atoms with Crippen LogP contribution in [0.3, 0.4) is 0 Å². The number of benzene rings is 1. The number of nitrogens with zero attached hydrogens (tertiary/aromatic N) is 1. The van der Waals surface area contributed by atoms with Gasteiger partial charge in [-0.3, -0.25) is 0 Å². The minimum Gasteiger partial charge on any atom is -0.383 e. The number of halogens is 1. The van der Waals surface area contributed by atoms with Crippen molar-refractivity contribution in [2.24, 2.45) is 0 Å². The standard InChI is InChI=1S/C14H22ClNO/c1-5-16(12(3)10-17-4)14-7-6-13(9-15)8-11(14)2/h6-8,12H,5,9-10H2,1-4H3. The molecule has 0 aromatic heterocycles. The van der Waals surface area contributed by atoms with Gasteiger partial charge >= 0.3 is 0 Å². The summed E-state index contributed by atoms with van der Waals surface area (Å²) in [5.41, 5.74) is 3.71. The molecular weight excluding hydrogens is 234 g/mol. The first-order valence-electron chi connectivity index (χ1n) is 6.05. The molecule has 2 nitrogen and oxygen atoms in total. The van der Waals surface area contributed by atoms with E-state index in [1.165, 1.54) is 16.8 Å². The second kappa shape index (κ2) is 6.87. The highest BCUT2D eigenvalue weighted by molar-refractivity contribution is 6.17. The topological polar surface area (TPSA) is 12.5 Å². The van der Waals surface area contributed by atoms with Gasteiger partial charge in [0, 0.05) is 31.3 Å². The Hall–Kier alpha value is -0.730. The Bertz CT molecular complexity index is 354. The zero-order valence-electron chi connectivity index (χ0n) is 11.2. The van der Waals surface area contributed by atoms with E-state index in [4.69, 9.17) is 16.3 Å². The smallest absolute Gasteiger partial charge is 0.0663 e. The molecule has 0 heterocycles. The van der Waals surface area contributed by atoms with Crippen LogP contribution in [-0.2, 0) is 10.6 Å². The monoisotopic (exact) mass is 255 g/mol. The molecule has 0 aliphatic carbocycles. The van der Waals surface area contributed by atoms with Crippen molar-refractivity contribution in [2.75, 3.05) is 25.2 Å². The predicted octanol–water partition coefficient (Wildman–Crippen LogP) is 3.60. The summed E-state index contributed by atoms with van der Waals surface area (Å²) in [6.07, 6.45) is 0. The number of alkyl halides is 1. The summed E-state index contributed by atoms with van der Waals surface area (Å²) in [5.74, 6) is 0.570. The van der Waals surface area contributed by atoms with Gasteiger partial charge in [-0.05, 0) is 38.0 Å². The van der Waals surface area contributed by atoms with Crippen molar-refractivity contribution in [3.05, 3.63) is 29.3 Å². The molecule has 0 spiro atoms. The minimum atomic E-state index is 0.380. The number of methoxy groups -OCH3 is 1. The third kappa shape index (κ3) is 3.62. The van der Waals surface area contributed by atoms with Gasteiger partial charge in [-0.25, -0.2) is 0 Å². The summed E-state index contributed by atoms with van der Waals surface area (Å²) in [5, 5.41) is 0. The van der Waals surface area contributed by atoms with Crippen molar-refractivity contribution in [1.29, 1.82) is 0 Å². The molecule has 1 aromatic carbocycles. The maximum atomic E-state index is 5.84. The number of hydrogen-bond donors (Lipinski definition) is 0. The van der Waals surface area contributed by atoms with Crippen molar-refractivity contribution in [3.8, 4) is 0 Å². The van der Waals surface area contributed by atoms with E-state index in [1.807, 2.05) is 0 Å². The fraction of sp³-hybridized carbons (Fsp3) is 0.571. The van der Waals surface area contributed by atoms with Crippen LogP contribution in [0.25, 0.3) is 0 Å². The molecule has 0 saturated heterocycles. The van der Waals surface area contributed by atoms with Crippen molar-refractivity contribution in [3.63, 3.8) is 0 Å². The lowest BCUT2D eigenvalue weighted by Gasteiger charge is -2.31. The Morgan fingerprint density at radius 1 is 1.41 bits per heavy atom. The van der Waals surface area contributed by atoms with Gasteiger partial charge in [-0.2, -0.15) is 0 Å². The zero-order chi connectivity index (χ0) is 12.8. The lowest BCUT2D eigenvalue weighted by atomic mass is 10.1. The van der Waals surface area contributed by atoms with Crippen LogP contribution in [0.2, 0.25) is 0 Å². The molecule has 1 unspecified atom stereocenters. The molecule has 17 heavy (non-hydrogen) atoms. The number of aryl methyl sites for hydroxylation is 1. The molecule has 0 radical (unpaired) electrons. The maximum Gasteiger partial charge on any atom is 0.0663 e. The van der Waals surface area contributed by atoms with Crippen LogP contribution in [0.4, 0.5) is 5.69 Å². The van der Waals surface area contributed by atoms with E-state index in [0.717, 1.165) is 13.2 Å². The first-order chi connectivity index (χ1) is 8.13. The molecule has 0 N–H and O–H groups in total. The van der Waals surface area contributed by atoms with Crippen LogP contribution in [0.5, 0.6) is 0 Å². The lowest BCUT2D eigenvalue weighted by Crippen LogP contribution is -2.36. The lowest BCUT2D eigenvalue weighted by molar-refractivity contribution is 0.182. The summed E-state index contributed by atoms with van der Waals surface area (Å²) in [7, 11) is 1.74. The molecule has 0 saturated carbocycles. The number of likely N-dealkylation sites (N-methyl/N-ethyl adjacent to an activating group) is 1. The van der Waals surface area contributed by atoms with Crippen molar-refractivity contribution >= 4 is 17.3 Å². The van der Waals surface area contributed by atoms with Gasteiger partial charge in [0.05, 0.1) is 6.61 Å². The Kier molecular flexibility index (Phi) is 5.79. The van der Waals surface area contributed by atoms with Gasteiger partial charge in [0.15, 0.2) is 0 Å². The van der Waals surface area contributed by atoms with Crippen LogP contribution < -0.4 is 4.90 Å². The zero-order valence-corrected chi connectivity index (χ0v) is 11.9. The van der Waals surface area contributed by atoms with Crippen molar-refractivity contribution < 1.29 is 4.74 Å². The normalized spacial score (nSPS) is 12.5. The Morgan fingerprint density at radius 3 is 2.59 bits per heavy atom. The predicted molar refractivity (Wildman–Crippen MR) is 75.1 cm³/mol. The van der Waals surface area contributed by atoms with Gasteiger partial charge in [-0.15, -0.1) is 11.6 Å². The molecule has 0 aliphatic rings. The van der Waals surface area contributed by atoms with E-state index < -0.39 is 0 Å². The second-order valence-electron chi connectivity index (χ2n) is 4.34. The summed E-state index contributed by atoms with van der Waals surface area (Å²) in [6.45, 7) is 8.20. The van der Waals surface area contributed by atoms with Gasteiger partial charge in [-0.1, -0.05) is 12.1 Å². The molecular formula is C14H22ClNO. The van der Waals surface area contributed by atoms with E-state index in [9.17, 15) is 0 Å². The number of ether oxygens (including phenoxy) is 1. The van der Waals surface area contributed by atoms with Crippen LogP contribution in [0.15, 0.2) is 18.2 Å². The molecule has 0 bridgehead atoms. The second-order valence-corrected chi connectivity index (χ2v) is 4.61. The molecule has 1 atom stereocenters. The average molecular weight is 256 g/mol. The van der Waals surface area contributed by atoms with Gasteiger partial charge in [0.25, 0.3) is 0 Å². The third-order valence-electron chi connectivity index (χ3n) is 3.01. The summed E-state index contributed by atoms with van der Waals surface area (Å²) < 4.78 is 5.23. The van der Waals surface area contributed by atoms with E-state index in [2.05, 4.69) is 43.9 Å². The van der Waals surface area contributed by atoms with E-state index in [0.29, 0.717) is 11.9 Å².